The summed E-state index contributed by atoms with van der Waals surface area (Å²) >= 11 is 12.1. The Labute approximate surface area is 122 Å². The van der Waals surface area contributed by atoms with Gasteiger partial charge in [-0.25, -0.2) is 4.39 Å². The van der Waals surface area contributed by atoms with Gasteiger partial charge in [0.1, 0.15) is 5.82 Å². The molecular weight excluding hydrogens is 284 g/mol. The molecule has 0 radical (unpaired) electrons. The van der Waals surface area contributed by atoms with Crippen LogP contribution in [-0.2, 0) is 0 Å². The van der Waals surface area contributed by atoms with Gasteiger partial charge >= 0.3 is 0 Å². The maximum Gasteiger partial charge on any atom is 0.125 e. The Morgan fingerprint density at radius 1 is 1.16 bits per heavy atom. The van der Waals surface area contributed by atoms with Crippen LogP contribution < -0.4 is 5.32 Å². The first-order chi connectivity index (χ1) is 9.10. The quantitative estimate of drug-likeness (QED) is 0.764. The van der Waals surface area contributed by atoms with E-state index in [1.54, 1.807) is 6.07 Å². The van der Waals surface area contributed by atoms with Crippen LogP contribution in [0.15, 0.2) is 42.5 Å². The molecule has 0 heterocycles. The van der Waals surface area contributed by atoms with Crippen LogP contribution in [0.5, 0.6) is 0 Å². The van der Waals surface area contributed by atoms with Crippen LogP contribution in [0.1, 0.15) is 24.9 Å². The molecule has 0 bridgehead atoms. The van der Waals surface area contributed by atoms with Gasteiger partial charge in [-0.05, 0) is 42.3 Å². The predicted molar refractivity (Wildman–Crippen MR) is 79.5 cm³/mol. The fraction of sp³-hybridized carbons (Fsp3) is 0.200. The summed E-state index contributed by atoms with van der Waals surface area (Å²) in [6.07, 6.45) is 0.840. The molecule has 19 heavy (non-hydrogen) atoms. The summed E-state index contributed by atoms with van der Waals surface area (Å²) in [7, 11) is 0. The highest BCUT2D eigenvalue weighted by atomic mass is 35.5. The average molecular weight is 298 g/mol. The summed E-state index contributed by atoms with van der Waals surface area (Å²) in [5, 5.41) is 4.44. The lowest BCUT2D eigenvalue weighted by Crippen LogP contribution is -2.10. The van der Waals surface area contributed by atoms with E-state index in [-0.39, 0.29) is 11.9 Å². The monoisotopic (exact) mass is 297 g/mol. The highest BCUT2D eigenvalue weighted by molar-refractivity contribution is 6.33. The van der Waals surface area contributed by atoms with Gasteiger partial charge in [0.15, 0.2) is 0 Å². The van der Waals surface area contributed by atoms with E-state index < -0.39 is 0 Å². The molecule has 0 aromatic heterocycles. The molecule has 1 atom stereocenters. The van der Waals surface area contributed by atoms with E-state index in [0.29, 0.717) is 15.7 Å². The van der Waals surface area contributed by atoms with Gasteiger partial charge in [0.25, 0.3) is 0 Å². The summed E-state index contributed by atoms with van der Waals surface area (Å²) in [6, 6.07) is 11.9. The van der Waals surface area contributed by atoms with Crippen LogP contribution in [0.4, 0.5) is 10.1 Å². The molecule has 100 valence electrons. The standard InChI is InChI=1S/C15H14Cl2FN/c1-2-14(10-4-3-5-11(16)8-10)19-15-9-12(18)6-7-13(15)17/h3-9,14,19H,2H2,1H3. The SMILES string of the molecule is CCC(Nc1cc(F)ccc1Cl)c1cccc(Cl)c1. The maximum absolute atomic E-state index is 13.2. The van der Waals surface area contributed by atoms with E-state index in [9.17, 15) is 4.39 Å². The molecule has 2 rings (SSSR count). The molecule has 0 aliphatic carbocycles. The van der Waals surface area contributed by atoms with E-state index in [0.717, 1.165) is 12.0 Å². The molecule has 1 unspecified atom stereocenters. The molecule has 2 aromatic rings. The van der Waals surface area contributed by atoms with Crippen molar-refractivity contribution >= 4 is 28.9 Å². The summed E-state index contributed by atoms with van der Waals surface area (Å²) in [6.45, 7) is 2.05. The largest absolute Gasteiger partial charge is 0.377 e. The second-order valence-corrected chi connectivity index (χ2v) is 5.13. The van der Waals surface area contributed by atoms with Gasteiger partial charge in [0.05, 0.1) is 16.8 Å². The minimum atomic E-state index is -0.312. The maximum atomic E-state index is 13.2. The number of benzene rings is 2. The van der Waals surface area contributed by atoms with Gasteiger partial charge in [-0.15, -0.1) is 0 Å². The van der Waals surface area contributed by atoms with Crippen LogP contribution >= 0.6 is 23.2 Å². The number of halogens is 3. The summed E-state index contributed by atoms with van der Waals surface area (Å²) in [5.74, 6) is -0.312. The Morgan fingerprint density at radius 3 is 2.63 bits per heavy atom. The van der Waals surface area contributed by atoms with Crippen molar-refractivity contribution in [2.24, 2.45) is 0 Å². The van der Waals surface area contributed by atoms with Gasteiger partial charge in [0, 0.05) is 5.02 Å². The lowest BCUT2D eigenvalue weighted by Gasteiger charge is -2.20. The summed E-state index contributed by atoms with van der Waals surface area (Å²) < 4.78 is 13.2. The molecule has 2 aromatic carbocycles. The van der Waals surface area contributed by atoms with Gasteiger partial charge in [-0.2, -0.15) is 0 Å². The van der Waals surface area contributed by atoms with Crippen LogP contribution in [-0.4, -0.2) is 0 Å². The smallest absolute Gasteiger partial charge is 0.125 e. The highest BCUT2D eigenvalue weighted by Gasteiger charge is 2.11. The minimum absolute atomic E-state index is 0.0398. The van der Waals surface area contributed by atoms with E-state index >= 15 is 0 Å². The molecule has 0 amide bonds. The van der Waals surface area contributed by atoms with Crippen LogP contribution in [0.3, 0.4) is 0 Å². The minimum Gasteiger partial charge on any atom is -0.377 e. The van der Waals surface area contributed by atoms with Gasteiger partial charge < -0.3 is 5.32 Å². The van der Waals surface area contributed by atoms with Gasteiger partial charge in [-0.1, -0.05) is 42.3 Å². The number of hydrogen-bond donors (Lipinski definition) is 1. The first-order valence-electron chi connectivity index (χ1n) is 6.07. The van der Waals surface area contributed by atoms with E-state index in [2.05, 4.69) is 5.32 Å². The number of nitrogens with one attached hydrogen (secondary N) is 1. The number of anilines is 1. The van der Waals surface area contributed by atoms with Crippen molar-refractivity contribution in [2.45, 2.75) is 19.4 Å². The topological polar surface area (TPSA) is 12.0 Å². The predicted octanol–water partition coefficient (Wildman–Crippen LogP) is 5.70. The first kappa shape index (κ1) is 14.2. The second kappa shape index (κ2) is 6.27. The van der Waals surface area contributed by atoms with Crippen molar-refractivity contribution in [1.29, 1.82) is 0 Å². The Bertz CT molecular complexity index is 572. The molecule has 0 spiro atoms. The van der Waals surface area contributed by atoms with Crippen molar-refractivity contribution in [1.82, 2.24) is 0 Å². The van der Waals surface area contributed by atoms with E-state index in [4.69, 9.17) is 23.2 Å². The number of rotatable bonds is 4. The Kier molecular flexibility index (Phi) is 4.67. The fourth-order valence-corrected chi connectivity index (χ4v) is 2.31. The third-order valence-electron chi connectivity index (χ3n) is 2.92. The van der Waals surface area contributed by atoms with Crippen molar-refractivity contribution < 1.29 is 4.39 Å². The first-order valence-corrected chi connectivity index (χ1v) is 6.82. The van der Waals surface area contributed by atoms with Crippen molar-refractivity contribution in [3.8, 4) is 0 Å². The Balaban J connectivity index is 2.26. The zero-order valence-corrected chi connectivity index (χ0v) is 12.0. The molecule has 0 aliphatic heterocycles. The van der Waals surface area contributed by atoms with Crippen molar-refractivity contribution in [2.75, 3.05) is 5.32 Å². The summed E-state index contributed by atoms with van der Waals surface area (Å²) in [4.78, 5) is 0. The molecule has 1 nitrogen and oxygen atoms in total. The Morgan fingerprint density at radius 2 is 1.95 bits per heavy atom. The molecule has 4 heteroatoms. The molecule has 1 N–H and O–H groups in total. The summed E-state index contributed by atoms with van der Waals surface area (Å²) in [5.41, 5.74) is 1.64. The zero-order chi connectivity index (χ0) is 13.8. The lowest BCUT2D eigenvalue weighted by molar-refractivity contribution is 0.627. The Hall–Kier alpha value is -1.25. The van der Waals surface area contributed by atoms with Crippen LogP contribution in [0.2, 0.25) is 10.0 Å². The molecule has 0 aliphatic rings. The molecular formula is C15H14Cl2FN. The number of hydrogen-bond acceptors (Lipinski definition) is 1. The lowest BCUT2D eigenvalue weighted by atomic mass is 10.0. The van der Waals surface area contributed by atoms with Crippen LogP contribution in [0, 0.1) is 5.82 Å². The third kappa shape index (κ3) is 3.62. The molecule has 0 saturated carbocycles. The van der Waals surface area contributed by atoms with E-state index in [1.807, 2.05) is 31.2 Å². The molecule has 0 saturated heterocycles. The van der Waals surface area contributed by atoms with Gasteiger partial charge in [-0.3, -0.25) is 0 Å². The second-order valence-electron chi connectivity index (χ2n) is 4.28. The normalized spacial score (nSPS) is 12.2. The highest BCUT2D eigenvalue weighted by Crippen LogP contribution is 2.29. The average Bonchev–Trinajstić information content (AvgIpc) is 2.39. The fourth-order valence-electron chi connectivity index (χ4n) is 1.94. The zero-order valence-electron chi connectivity index (χ0n) is 10.5. The van der Waals surface area contributed by atoms with Crippen molar-refractivity contribution in [3.05, 3.63) is 63.9 Å². The van der Waals surface area contributed by atoms with E-state index in [1.165, 1.54) is 12.1 Å². The molecule has 0 fully saturated rings. The van der Waals surface area contributed by atoms with Crippen LogP contribution in [0.25, 0.3) is 0 Å². The third-order valence-corrected chi connectivity index (χ3v) is 3.48. The van der Waals surface area contributed by atoms with Crippen molar-refractivity contribution in [3.63, 3.8) is 0 Å². The van der Waals surface area contributed by atoms with Gasteiger partial charge in [0.2, 0.25) is 0 Å².